The molecule has 0 fully saturated rings. The molecule has 0 aliphatic rings. The van der Waals surface area contributed by atoms with Crippen molar-refractivity contribution in [1.29, 1.82) is 0 Å². The molecule has 1 aromatic carbocycles. The SMILES string of the molecule is CCCCNC(=O)n1c(OC(=O)NCCOC)nc2ccccc21. The lowest BCUT2D eigenvalue weighted by atomic mass is 10.3. The van der Waals surface area contributed by atoms with Crippen LogP contribution >= 0.6 is 0 Å². The summed E-state index contributed by atoms with van der Waals surface area (Å²) >= 11 is 0. The summed E-state index contributed by atoms with van der Waals surface area (Å²) in [4.78, 5) is 28.5. The number of para-hydroxylation sites is 2. The van der Waals surface area contributed by atoms with Gasteiger partial charge in [-0.05, 0) is 18.6 Å². The molecule has 1 aromatic heterocycles. The molecule has 2 amide bonds. The molecule has 24 heavy (non-hydrogen) atoms. The van der Waals surface area contributed by atoms with E-state index in [1.807, 2.05) is 6.92 Å². The fraction of sp³-hybridized carbons (Fsp3) is 0.438. The highest BCUT2D eigenvalue weighted by molar-refractivity contribution is 5.91. The molecule has 0 radical (unpaired) electrons. The zero-order chi connectivity index (χ0) is 17.4. The van der Waals surface area contributed by atoms with E-state index < -0.39 is 6.09 Å². The minimum Gasteiger partial charge on any atom is -0.383 e. The van der Waals surface area contributed by atoms with E-state index in [1.165, 1.54) is 11.7 Å². The number of nitrogens with zero attached hydrogens (tertiary/aromatic N) is 2. The molecule has 130 valence electrons. The van der Waals surface area contributed by atoms with Crippen molar-refractivity contribution in [2.24, 2.45) is 0 Å². The predicted molar refractivity (Wildman–Crippen MR) is 89.3 cm³/mol. The molecule has 0 spiro atoms. The molecule has 0 bridgehead atoms. The van der Waals surface area contributed by atoms with Crippen LogP contribution in [0.5, 0.6) is 6.01 Å². The second-order valence-corrected chi connectivity index (χ2v) is 5.11. The quantitative estimate of drug-likeness (QED) is 0.757. The van der Waals surface area contributed by atoms with E-state index in [0.717, 1.165) is 12.8 Å². The molecule has 8 nitrogen and oxygen atoms in total. The summed E-state index contributed by atoms with van der Waals surface area (Å²) < 4.78 is 11.3. The highest BCUT2D eigenvalue weighted by Gasteiger charge is 2.19. The van der Waals surface area contributed by atoms with Crippen molar-refractivity contribution in [2.75, 3.05) is 26.8 Å². The van der Waals surface area contributed by atoms with Crippen LogP contribution in [0.2, 0.25) is 0 Å². The maximum atomic E-state index is 12.4. The first-order valence-electron chi connectivity index (χ1n) is 7.87. The van der Waals surface area contributed by atoms with E-state index in [-0.39, 0.29) is 12.0 Å². The van der Waals surface area contributed by atoms with Gasteiger partial charge in [0.2, 0.25) is 0 Å². The molecule has 0 aliphatic heterocycles. The number of carbonyl (C=O) groups is 2. The van der Waals surface area contributed by atoms with Crippen LogP contribution in [0.1, 0.15) is 19.8 Å². The first-order valence-corrected chi connectivity index (χ1v) is 7.87. The topological polar surface area (TPSA) is 94.5 Å². The lowest BCUT2D eigenvalue weighted by Gasteiger charge is -2.09. The molecule has 2 rings (SSSR count). The Morgan fingerprint density at radius 3 is 2.75 bits per heavy atom. The van der Waals surface area contributed by atoms with Crippen LogP contribution in [-0.4, -0.2) is 48.5 Å². The number of nitrogens with one attached hydrogen (secondary N) is 2. The van der Waals surface area contributed by atoms with Gasteiger partial charge in [0.15, 0.2) is 0 Å². The molecule has 0 atom stereocenters. The summed E-state index contributed by atoms with van der Waals surface area (Å²) in [5.41, 5.74) is 1.15. The van der Waals surface area contributed by atoms with Gasteiger partial charge < -0.3 is 20.1 Å². The first-order chi connectivity index (χ1) is 11.7. The molecule has 8 heteroatoms. The third-order valence-electron chi connectivity index (χ3n) is 3.30. The number of methoxy groups -OCH3 is 1. The van der Waals surface area contributed by atoms with Gasteiger partial charge >= 0.3 is 18.1 Å². The number of hydrogen-bond acceptors (Lipinski definition) is 5. The number of rotatable bonds is 7. The van der Waals surface area contributed by atoms with Gasteiger partial charge in [-0.25, -0.2) is 14.2 Å². The minimum absolute atomic E-state index is 0.0693. The number of ether oxygens (including phenoxy) is 2. The molecule has 1 heterocycles. The Bertz CT molecular complexity index is 698. The van der Waals surface area contributed by atoms with Gasteiger partial charge in [-0.1, -0.05) is 25.5 Å². The normalized spacial score (nSPS) is 10.6. The van der Waals surface area contributed by atoms with E-state index in [1.54, 1.807) is 24.3 Å². The molecule has 0 saturated heterocycles. The van der Waals surface area contributed by atoms with Crippen molar-refractivity contribution < 1.29 is 19.1 Å². The highest BCUT2D eigenvalue weighted by Crippen LogP contribution is 2.21. The smallest absolute Gasteiger partial charge is 0.383 e. The molecular weight excluding hydrogens is 312 g/mol. The Morgan fingerprint density at radius 2 is 2.00 bits per heavy atom. The summed E-state index contributed by atoms with van der Waals surface area (Å²) in [7, 11) is 1.53. The van der Waals surface area contributed by atoms with Crippen molar-refractivity contribution in [2.45, 2.75) is 19.8 Å². The van der Waals surface area contributed by atoms with Crippen LogP contribution in [-0.2, 0) is 4.74 Å². The second kappa shape index (κ2) is 8.88. The predicted octanol–water partition coefficient (Wildman–Crippen LogP) is 2.13. The molecule has 0 aliphatic carbocycles. The maximum Gasteiger partial charge on any atom is 0.415 e. The molecular formula is C16H22N4O4. The Hall–Kier alpha value is -2.61. The lowest BCUT2D eigenvalue weighted by Crippen LogP contribution is -2.33. The number of fused-ring (bicyclic) bond motifs is 1. The monoisotopic (exact) mass is 334 g/mol. The first kappa shape index (κ1) is 17.7. The zero-order valence-electron chi connectivity index (χ0n) is 13.9. The van der Waals surface area contributed by atoms with E-state index in [4.69, 9.17) is 9.47 Å². The number of imidazole rings is 1. The van der Waals surface area contributed by atoms with Crippen molar-refractivity contribution in [3.05, 3.63) is 24.3 Å². The summed E-state index contributed by atoms with van der Waals surface area (Å²) in [6.45, 7) is 3.25. The van der Waals surface area contributed by atoms with Gasteiger partial charge in [-0.2, -0.15) is 4.98 Å². The minimum atomic E-state index is -0.690. The number of aromatic nitrogens is 2. The van der Waals surface area contributed by atoms with Gasteiger partial charge in [0, 0.05) is 20.2 Å². The van der Waals surface area contributed by atoms with E-state index in [9.17, 15) is 9.59 Å². The maximum absolute atomic E-state index is 12.4. The largest absolute Gasteiger partial charge is 0.415 e. The van der Waals surface area contributed by atoms with Crippen LogP contribution in [0.15, 0.2) is 24.3 Å². The van der Waals surface area contributed by atoms with E-state index >= 15 is 0 Å². The summed E-state index contributed by atoms with van der Waals surface area (Å²) in [5, 5.41) is 5.32. The van der Waals surface area contributed by atoms with Gasteiger partial charge in [-0.3, -0.25) is 0 Å². The van der Waals surface area contributed by atoms with Crippen LogP contribution in [0.3, 0.4) is 0 Å². The number of amides is 2. The third-order valence-corrected chi connectivity index (χ3v) is 3.30. The molecule has 2 N–H and O–H groups in total. The fourth-order valence-corrected chi connectivity index (χ4v) is 2.09. The van der Waals surface area contributed by atoms with Gasteiger partial charge in [0.25, 0.3) is 0 Å². The molecule has 0 unspecified atom stereocenters. The van der Waals surface area contributed by atoms with Crippen LogP contribution in [0.4, 0.5) is 9.59 Å². The Balaban J connectivity index is 2.20. The van der Waals surface area contributed by atoms with E-state index in [0.29, 0.717) is 30.7 Å². The van der Waals surface area contributed by atoms with E-state index in [2.05, 4.69) is 15.6 Å². The van der Waals surface area contributed by atoms with Crippen molar-refractivity contribution in [3.63, 3.8) is 0 Å². The Kier molecular flexibility index (Phi) is 6.56. The summed E-state index contributed by atoms with van der Waals surface area (Å²) in [6.07, 6.45) is 1.15. The van der Waals surface area contributed by atoms with Gasteiger partial charge in [0.05, 0.1) is 17.6 Å². The third kappa shape index (κ3) is 4.45. The fourth-order valence-electron chi connectivity index (χ4n) is 2.09. The average Bonchev–Trinajstić information content (AvgIpc) is 2.93. The molecule has 0 saturated carbocycles. The number of unbranched alkanes of at least 4 members (excludes halogenated alkanes) is 1. The summed E-state index contributed by atoms with van der Waals surface area (Å²) in [5.74, 6) is 0. The van der Waals surface area contributed by atoms with Crippen molar-refractivity contribution in [1.82, 2.24) is 20.2 Å². The van der Waals surface area contributed by atoms with Gasteiger partial charge in [-0.15, -0.1) is 0 Å². The Morgan fingerprint density at radius 1 is 1.21 bits per heavy atom. The lowest BCUT2D eigenvalue weighted by molar-refractivity contribution is 0.177. The number of hydrogen-bond donors (Lipinski definition) is 2. The van der Waals surface area contributed by atoms with Crippen LogP contribution < -0.4 is 15.4 Å². The Labute approximate surface area is 140 Å². The standard InChI is InChI=1S/C16H22N4O4/c1-3-4-9-17-14(21)20-13-8-6-5-7-12(13)19-15(20)24-16(22)18-10-11-23-2/h5-8H,3-4,9-11H2,1-2H3,(H,17,21)(H,18,22). The van der Waals surface area contributed by atoms with Gasteiger partial charge in [0.1, 0.15) is 0 Å². The number of benzene rings is 1. The molecule has 2 aromatic rings. The average molecular weight is 334 g/mol. The van der Waals surface area contributed by atoms with Crippen LogP contribution in [0.25, 0.3) is 11.0 Å². The highest BCUT2D eigenvalue weighted by atomic mass is 16.6. The van der Waals surface area contributed by atoms with Crippen molar-refractivity contribution in [3.8, 4) is 6.01 Å². The number of carbonyl (C=O) groups excluding carboxylic acids is 2. The van der Waals surface area contributed by atoms with Crippen LogP contribution in [0, 0.1) is 0 Å². The summed E-state index contributed by atoms with van der Waals surface area (Å²) in [6, 6.07) is 6.65. The van der Waals surface area contributed by atoms with Crippen molar-refractivity contribution >= 4 is 23.2 Å². The second-order valence-electron chi connectivity index (χ2n) is 5.11. The zero-order valence-corrected chi connectivity index (χ0v) is 13.9.